The van der Waals surface area contributed by atoms with Crippen LogP contribution in [0, 0.1) is 0 Å². The van der Waals surface area contributed by atoms with Crippen LogP contribution in [0.15, 0.2) is 36.9 Å². The van der Waals surface area contributed by atoms with Gasteiger partial charge in [-0.25, -0.2) is 4.79 Å². The molecule has 0 aromatic heterocycles. The van der Waals surface area contributed by atoms with Crippen molar-refractivity contribution in [2.45, 2.75) is 18.4 Å². The molecule has 146 valence electrons. The van der Waals surface area contributed by atoms with Gasteiger partial charge in [0.05, 0.1) is 7.11 Å². The highest BCUT2D eigenvalue weighted by molar-refractivity contribution is 5.99. The number of rotatable bonds is 6. The molecular weight excluding hydrogens is 350 g/mol. The molecule has 0 aliphatic carbocycles. The zero-order valence-electron chi connectivity index (χ0n) is 15.6. The van der Waals surface area contributed by atoms with Crippen LogP contribution in [0.25, 0.3) is 0 Å². The second-order valence-corrected chi connectivity index (χ2v) is 6.20. The zero-order valence-corrected chi connectivity index (χ0v) is 15.6. The van der Waals surface area contributed by atoms with Crippen molar-refractivity contribution in [2.75, 3.05) is 33.9 Å². The summed E-state index contributed by atoms with van der Waals surface area (Å²) in [5.41, 5.74) is -0.659. The first-order chi connectivity index (χ1) is 13.0. The molecule has 2 N–H and O–H groups in total. The summed E-state index contributed by atoms with van der Waals surface area (Å²) in [5.74, 6) is -0.00804. The van der Waals surface area contributed by atoms with Gasteiger partial charge in [0, 0.05) is 25.7 Å². The molecule has 8 nitrogen and oxygen atoms in total. The number of likely N-dealkylation sites (tertiary alicyclic amines) is 1. The smallest absolute Gasteiger partial charge is 0.410 e. The fourth-order valence-electron chi connectivity index (χ4n) is 2.97. The van der Waals surface area contributed by atoms with Gasteiger partial charge >= 0.3 is 6.09 Å². The van der Waals surface area contributed by atoms with Crippen molar-refractivity contribution in [1.29, 1.82) is 0 Å². The van der Waals surface area contributed by atoms with Gasteiger partial charge in [-0.1, -0.05) is 12.7 Å². The predicted octanol–water partition coefficient (Wildman–Crippen LogP) is 1.33. The van der Waals surface area contributed by atoms with Gasteiger partial charge in [0.25, 0.3) is 5.91 Å². The van der Waals surface area contributed by atoms with Crippen LogP contribution in [0.4, 0.5) is 4.79 Å². The molecule has 27 heavy (non-hydrogen) atoms. The summed E-state index contributed by atoms with van der Waals surface area (Å²) in [7, 11) is 3.07. The van der Waals surface area contributed by atoms with Crippen LogP contribution in [0.3, 0.4) is 0 Å². The number of piperidine rings is 1. The van der Waals surface area contributed by atoms with E-state index in [0.29, 0.717) is 24.4 Å². The van der Waals surface area contributed by atoms with E-state index in [1.807, 2.05) is 0 Å². The first-order valence-corrected chi connectivity index (χ1v) is 8.67. The van der Waals surface area contributed by atoms with Crippen molar-refractivity contribution in [1.82, 2.24) is 15.5 Å². The molecule has 0 unspecified atom stereocenters. The summed E-state index contributed by atoms with van der Waals surface area (Å²) in [6, 6.07) is 6.63. The lowest BCUT2D eigenvalue weighted by atomic mass is 9.86. The van der Waals surface area contributed by atoms with E-state index in [9.17, 15) is 14.4 Å². The lowest BCUT2D eigenvalue weighted by Crippen LogP contribution is -2.63. The molecular formula is C19H25N3O5. The van der Waals surface area contributed by atoms with E-state index < -0.39 is 11.6 Å². The normalized spacial score (nSPS) is 15.4. The largest absolute Gasteiger partial charge is 0.497 e. The number of amides is 3. The SMILES string of the molecule is C=CCOC(=O)N1CCC(NC(=O)c2ccc(OC)cc2)(C(=O)NC)CC1. The molecule has 0 spiro atoms. The maximum absolute atomic E-state index is 12.6. The van der Waals surface area contributed by atoms with Crippen LogP contribution < -0.4 is 15.4 Å². The molecule has 0 bridgehead atoms. The van der Waals surface area contributed by atoms with Crippen molar-refractivity contribution in [3.8, 4) is 5.75 Å². The van der Waals surface area contributed by atoms with E-state index in [1.54, 1.807) is 31.4 Å². The Hall–Kier alpha value is -3.03. The first-order valence-electron chi connectivity index (χ1n) is 8.67. The average Bonchev–Trinajstić information content (AvgIpc) is 2.71. The van der Waals surface area contributed by atoms with Gasteiger partial charge in [-0.2, -0.15) is 0 Å². The highest BCUT2D eigenvalue weighted by Gasteiger charge is 2.43. The van der Waals surface area contributed by atoms with Gasteiger partial charge in [-0.3, -0.25) is 9.59 Å². The van der Waals surface area contributed by atoms with Crippen molar-refractivity contribution in [3.05, 3.63) is 42.5 Å². The van der Waals surface area contributed by atoms with Crippen LogP contribution in [-0.2, 0) is 9.53 Å². The number of likely N-dealkylation sites (N-methyl/N-ethyl adjacent to an activating group) is 1. The maximum Gasteiger partial charge on any atom is 0.410 e. The van der Waals surface area contributed by atoms with Crippen LogP contribution in [0.5, 0.6) is 5.75 Å². The summed E-state index contributed by atoms with van der Waals surface area (Å²) in [5, 5.41) is 5.46. The Bertz CT molecular complexity index is 694. The van der Waals surface area contributed by atoms with Crippen molar-refractivity contribution >= 4 is 17.9 Å². The summed E-state index contributed by atoms with van der Waals surface area (Å²) in [4.78, 5) is 38.6. The Morgan fingerprint density at radius 1 is 1.22 bits per heavy atom. The standard InChI is InChI=1S/C19H25N3O5/c1-4-13-27-18(25)22-11-9-19(10-12-22,17(24)20-2)21-16(23)14-5-7-15(26-3)8-6-14/h4-8H,1,9-13H2,2-3H3,(H,20,24)(H,21,23). The van der Waals surface area contributed by atoms with E-state index in [1.165, 1.54) is 18.0 Å². The molecule has 1 aromatic rings. The lowest BCUT2D eigenvalue weighted by Gasteiger charge is -2.40. The molecule has 1 saturated heterocycles. The topological polar surface area (TPSA) is 97.0 Å². The van der Waals surface area contributed by atoms with Crippen molar-refractivity contribution in [2.24, 2.45) is 0 Å². The van der Waals surface area contributed by atoms with Gasteiger partial charge in [0.15, 0.2) is 0 Å². The van der Waals surface area contributed by atoms with Gasteiger partial charge < -0.3 is 25.0 Å². The monoisotopic (exact) mass is 375 g/mol. The van der Waals surface area contributed by atoms with Gasteiger partial charge in [-0.15, -0.1) is 0 Å². The third-order valence-corrected chi connectivity index (χ3v) is 4.57. The summed E-state index contributed by atoms with van der Waals surface area (Å²) in [6.07, 6.45) is 1.61. The van der Waals surface area contributed by atoms with Gasteiger partial charge in [-0.05, 0) is 37.1 Å². The number of carbonyl (C=O) groups excluding carboxylic acids is 3. The van der Waals surface area contributed by atoms with Gasteiger partial charge in [0.1, 0.15) is 17.9 Å². The number of nitrogens with zero attached hydrogens (tertiary/aromatic N) is 1. The fourth-order valence-corrected chi connectivity index (χ4v) is 2.97. The molecule has 1 aliphatic heterocycles. The summed E-state index contributed by atoms with van der Waals surface area (Å²) in [6.45, 7) is 4.23. The van der Waals surface area contributed by atoms with Crippen LogP contribution >= 0.6 is 0 Å². The van der Waals surface area contributed by atoms with Crippen molar-refractivity contribution < 1.29 is 23.9 Å². The second-order valence-electron chi connectivity index (χ2n) is 6.20. The average molecular weight is 375 g/mol. The number of benzene rings is 1. The minimum atomic E-state index is -1.08. The Labute approximate surface area is 158 Å². The predicted molar refractivity (Wildman–Crippen MR) is 99.6 cm³/mol. The number of ether oxygens (including phenoxy) is 2. The Morgan fingerprint density at radius 3 is 2.37 bits per heavy atom. The minimum Gasteiger partial charge on any atom is -0.497 e. The third-order valence-electron chi connectivity index (χ3n) is 4.57. The van der Waals surface area contributed by atoms with Crippen LogP contribution in [0.1, 0.15) is 23.2 Å². The molecule has 3 amide bonds. The summed E-state index contributed by atoms with van der Waals surface area (Å²) < 4.78 is 10.1. The molecule has 2 rings (SSSR count). The van der Waals surface area contributed by atoms with Crippen LogP contribution in [0.2, 0.25) is 0 Å². The number of nitrogens with one attached hydrogen (secondary N) is 2. The number of methoxy groups -OCH3 is 1. The van der Waals surface area contributed by atoms with Crippen molar-refractivity contribution in [3.63, 3.8) is 0 Å². The van der Waals surface area contributed by atoms with Gasteiger partial charge in [0.2, 0.25) is 5.91 Å². The van der Waals surface area contributed by atoms with E-state index in [2.05, 4.69) is 17.2 Å². The molecule has 1 fully saturated rings. The van der Waals surface area contributed by atoms with E-state index in [-0.39, 0.29) is 31.3 Å². The Balaban J connectivity index is 2.09. The van der Waals surface area contributed by atoms with E-state index >= 15 is 0 Å². The fraction of sp³-hybridized carbons (Fsp3) is 0.421. The third kappa shape index (κ3) is 4.78. The minimum absolute atomic E-state index is 0.129. The lowest BCUT2D eigenvalue weighted by molar-refractivity contribution is -0.128. The molecule has 0 saturated carbocycles. The number of hydrogen-bond acceptors (Lipinski definition) is 5. The highest BCUT2D eigenvalue weighted by Crippen LogP contribution is 2.24. The highest BCUT2D eigenvalue weighted by atomic mass is 16.6. The molecule has 1 aromatic carbocycles. The second kappa shape index (κ2) is 9.07. The number of hydrogen-bond donors (Lipinski definition) is 2. The molecule has 1 heterocycles. The quantitative estimate of drug-likeness (QED) is 0.731. The number of carbonyl (C=O) groups is 3. The Morgan fingerprint density at radius 2 is 1.85 bits per heavy atom. The molecule has 1 aliphatic rings. The first kappa shape index (κ1) is 20.3. The maximum atomic E-state index is 12.6. The zero-order chi connectivity index (χ0) is 19.9. The molecule has 0 atom stereocenters. The van der Waals surface area contributed by atoms with Crippen LogP contribution in [-0.4, -0.2) is 62.2 Å². The molecule has 8 heteroatoms. The van der Waals surface area contributed by atoms with E-state index in [4.69, 9.17) is 9.47 Å². The van der Waals surface area contributed by atoms with E-state index in [0.717, 1.165) is 0 Å². The summed E-state index contributed by atoms with van der Waals surface area (Å²) >= 11 is 0. The Kier molecular flexibility index (Phi) is 6.81. The molecule has 0 radical (unpaired) electrons.